The minimum absolute atomic E-state index is 0.603. The van der Waals surface area contributed by atoms with Crippen molar-refractivity contribution in [3.8, 4) is 0 Å². The molecule has 0 fully saturated rings. The van der Waals surface area contributed by atoms with Crippen molar-refractivity contribution >= 4 is 11.5 Å². The molecular weight excluding hydrogens is 208 g/mol. The Labute approximate surface area is 101 Å². The van der Waals surface area contributed by atoms with Crippen LogP contribution in [0.3, 0.4) is 0 Å². The summed E-state index contributed by atoms with van der Waals surface area (Å²) in [6, 6.07) is 16.5. The Balaban J connectivity index is 2.02. The van der Waals surface area contributed by atoms with E-state index in [1.54, 1.807) is 0 Å². The van der Waals surface area contributed by atoms with E-state index in [-0.39, 0.29) is 0 Å². The molecule has 0 saturated heterocycles. The van der Waals surface area contributed by atoms with Gasteiger partial charge in [-0.3, -0.25) is 5.41 Å². The summed E-state index contributed by atoms with van der Waals surface area (Å²) in [5.74, 6) is 0.603. The molecular formula is C15H14N2. The molecule has 1 heterocycles. The smallest absolute Gasteiger partial charge is 0.133 e. The van der Waals surface area contributed by atoms with E-state index in [0.29, 0.717) is 5.84 Å². The van der Waals surface area contributed by atoms with Crippen LogP contribution < -0.4 is 4.90 Å². The lowest BCUT2D eigenvalue weighted by atomic mass is 10.1. The highest BCUT2D eigenvalue weighted by Gasteiger charge is 2.24. The molecule has 84 valence electrons. The summed E-state index contributed by atoms with van der Waals surface area (Å²) in [6.45, 7) is 2.88. The number of rotatable bonds is 1. The van der Waals surface area contributed by atoms with Crippen LogP contribution in [-0.2, 0) is 6.54 Å². The van der Waals surface area contributed by atoms with Gasteiger partial charge in [0, 0.05) is 11.3 Å². The zero-order valence-corrected chi connectivity index (χ0v) is 9.77. The monoisotopic (exact) mass is 222 g/mol. The fraction of sp³-hybridized carbons (Fsp3) is 0.133. The summed E-state index contributed by atoms with van der Waals surface area (Å²) >= 11 is 0. The number of nitrogens with zero attached hydrogens (tertiary/aromatic N) is 1. The Hall–Kier alpha value is -2.09. The molecule has 2 nitrogen and oxygen atoms in total. The molecule has 0 radical (unpaired) electrons. The van der Waals surface area contributed by atoms with Crippen molar-refractivity contribution in [2.24, 2.45) is 0 Å². The van der Waals surface area contributed by atoms with Gasteiger partial charge in [0.15, 0.2) is 0 Å². The van der Waals surface area contributed by atoms with Crippen LogP contribution in [0.15, 0.2) is 48.5 Å². The van der Waals surface area contributed by atoms with E-state index in [2.05, 4.69) is 36.1 Å². The number of benzene rings is 2. The minimum Gasteiger partial charge on any atom is -0.322 e. The highest BCUT2D eigenvalue weighted by Crippen LogP contribution is 2.28. The molecule has 2 aromatic rings. The minimum atomic E-state index is 0.603. The van der Waals surface area contributed by atoms with Gasteiger partial charge >= 0.3 is 0 Å². The average Bonchev–Trinajstić information content (AvgIpc) is 2.68. The highest BCUT2D eigenvalue weighted by molar-refractivity contribution is 6.11. The lowest BCUT2D eigenvalue weighted by molar-refractivity contribution is 1.04. The van der Waals surface area contributed by atoms with E-state index in [0.717, 1.165) is 17.8 Å². The molecule has 0 amide bonds. The van der Waals surface area contributed by atoms with Gasteiger partial charge in [-0.15, -0.1) is 0 Å². The van der Waals surface area contributed by atoms with Crippen LogP contribution in [0.2, 0.25) is 0 Å². The van der Waals surface area contributed by atoms with Crippen molar-refractivity contribution in [2.75, 3.05) is 4.90 Å². The lowest BCUT2D eigenvalue weighted by Gasteiger charge is -2.18. The zero-order chi connectivity index (χ0) is 11.8. The number of nitrogens with one attached hydrogen (secondary N) is 1. The first-order valence-corrected chi connectivity index (χ1v) is 5.77. The number of fused-ring (bicyclic) bond motifs is 1. The standard InChI is InChI=1S/C15H14N2/c1-11-5-4-7-13(9-11)17-10-12-6-2-3-8-14(12)15(17)16/h2-9,16H,10H2,1H3. The van der Waals surface area contributed by atoms with Crippen molar-refractivity contribution < 1.29 is 0 Å². The summed E-state index contributed by atoms with van der Waals surface area (Å²) in [5.41, 5.74) is 4.62. The Morgan fingerprint density at radius 3 is 2.65 bits per heavy atom. The normalized spacial score (nSPS) is 13.9. The summed E-state index contributed by atoms with van der Waals surface area (Å²) in [5, 5.41) is 8.22. The molecule has 0 saturated carbocycles. The van der Waals surface area contributed by atoms with Gasteiger partial charge in [-0.25, -0.2) is 0 Å². The van der Waals surface area contributed by atoms with Crippen LogP contribution in [-0.4, -0.2) is 5.84 Å². The number of aryl methyl sites for hydroxylation is 1. The van der Waals surface area contributed by atoms with Gasteiger partial charge in [0.2, 0.25) is 0 Å². The van der Waals surface area contributed by atoms with E-state index in [1.165, 1.54) is 11.1 Å². The van der Waals surface area contributed by atoms with Crippen molar-refractivity contribution in [2.45, 2.75) is 13.5 Å². The van der Waals surface area contributed by atoms with E-state index in [9.17, 15) is 0 Å². The number of anilines is 1. The van der Waals surface area contributed by atoms with Crippen molar-refractivity contribution in [1.29, 1.82) is 5.41 Å². The fourth-order valence-electron chi connectivity index (χ4n) is 2.30. The molecule has 1 N–H and O–H groups in total. The second kappa shape index (κ2) is 3.74. The molecule has 1 aliphatic heterocycles. The molecule has 0 bridgehead atoms. The predicted octanol–water partition coefficient (Wildman–Crippen LogP) is 3.34. The van der Waals surface area contributed by atoms with Gasteiger partial charge in [-0.1, -0.05) is 36.4 Å². The second-order valence-corrected chi connectivity index (χ2v) is 4.43. The molecule has 1 aliphatic rings. The predicted molar refractivity (Wildman–Crippen MR) is 70.6 cm³/mol. The molecule has 2 heteroatoms. The Morgan fingerprint density at radius 2 is 1.88 bits per heavy atom. The van der Waals surface area contributed by atoms with Crippen LogP contribution in [0.1, 0.15) is 16.7 Å². The maximum absolute atomic E-state index is 8.22. The zero-order valence-electron chi connectivity index (χ0n) is 9.77. The maximum atomic E-state index is 8.22. The third-order valence-electron chi connectivity index (χ3n) is 3.18. The molecule has 0 unspecified atom stereocenters. The summed E-state index contributed by atoms with van der Waals surface area (Å²) in [4.78, 5) is 2.05. The van der Waals surface area contributed by atoms with Crippen LogP contribution in [0.25, 0.3) is 0 Å². The summed E-state index contributed by atoms with van der Waals surface area (Å²) in [7, 11) is 0. The second-order valence-electron chi connectivity index (χ2n) is 4.43. The van der Waals surface area contributed by atoms with Crippen molar-refractivity contribution in [3.63, 3.8) is 0 Å². The summed E-state index contributed by atoms with van der Waals surface area (Å²) in [6.07, 6.45) is 0. The van der Waals surface area contributed by atoms with Gasteiger partial charge in [0.1, 0.15) is 5.84 Å². The quantitative estimate of drug-likeness (QED) is 0.787. The van der Waals surface area contributed by atoms with Crippen molar-refractivity contribution in [3.05, 3.63) is 65.2 Å². The molecule has 17 heavy (non-hydrogen) atoms. The Morgan fingerprint density at radius 1 is 1.06 bits per heavy atom. The van der Waals surface area contributed by atoms with Gasteiger partial charge < -0.3 is 4.90 Å². The third kappa shape index (κ3) is 1.62. The van der Waals surface area contributed by atoms with Crippen molar-refractivity contribution in [1.82, 2.24) is 0 Å². The van der Waals surface area contributed by atoms with Crippen LogP contribution in [0.5, 0.6) is 0 Å². The highest BCUT2D eigenvalue weighted by atomic mass is 15.2. The summed E-state index contributed by atoms with van der Waals surface area (Å²) < 4.78 is 0. The van der Waals surface area contributed by atoms with Gasteiger partial charge in [-0.05, 0) is 30.2 Å². The molecule has 0 aliphatic carbocycles. The maximum Gasteiger partial charge on any atom is 0.133 e. The van der Waals surface area contributed by atoms with Gasteiger partial charge in [0.05, 0.1) is 6.54 Å². The average molecular weight is 222 g/mol. The SMILES string of the molecule is Cc1cccc(N2Cc3ccccc3C2=N)c1. The number of hydrogen-bond donors (Lipinski definition) is 1. The molecule has 0 atom stereocenters. The van der Waals surface area contributed by atoms with Crippen LogP contribution in [0, 0.1) is 12.3 Å². The first kappa shape index (κ1) is 10.1. The number of amidine groups is 1. The topological polar surface area (TPSA) is 27.1 Å². The molecule has 0 spiro atoms. The lowest BCUT2D eigenvalue weighted by Crippen LogP contribution is -2.22. The third-order valence-corrected chi connectivity index (χ3v) is 3.18. The van der Waals surface area contributed by atoms with Crippen LogP contribution >= 0.6 is 0 Å². The van der Waals surface area contributed by atoms with E-state index in [4.69, 9.17) is 5.41 Å². The first-order valence-electron chi connectivity index (χ1n) is 5.77. The largest absolute Gasteiger partial charge is 0.322 e. The van der Waals surface area contributed by atoms with E-state index in [1.807, 2.05) is 24.3 Å². The van der Waals surface area contributed by atoms with Gasteiger partial charge in [-0.2, -0.15) is 0 Å². The Bertz CT molecular complexity index is 587. The fourth-order valence-corrected chi connectivity index (χ4v) is 2.30. The Kier molecular flexibility index (Phi) is 2.22. The first-order chi connectivity index (χ1) is 8.25. The molecule has 3 rings (SSSR count). The van der Waals surface area contributed by atoms with E-state index >= 15 is 0 Å². The van der Waals surface area contributed by atoms with Gasteiger partial charge in [0.25, 0.3) is 0 Å². The van der Waals surface area contributed by atoms with Crippen LogP contribution in [0.4, 0.5) is 5.69 Å². The van der Waals surface area contributed by atoms with E-state index < -0.39 is 0 Å². The molecule has 2 aromatic carbocycles. The number of hydrogen-bond acceptors (Lipinski definition) is 1. The molecule has 0 aromatic heterocycles.